The third-order valence-corrected chi connectivity index (χ3v) is 1.63. The van der Waals surface area contributed by atoms with Crippen LogP contribution in [0.2, 0.25) is 0 Å². The lowest BCUT2D eigenvalue weighted by Crippen LogP contribution is -2.42. The van der Waals surface area contributed by atoms with Crippen LogP contribution in [0.5, 0.6) is 0 Å². The molecule has 0 aliphatic heterocycles. The Kier molecular flexibility index (Phi) is 5.93. The first-order chi connectivity index (χ1) is 6.85. The van der Waals surface area contributed by atoms with E-state index < -0.39 is 5.54 Å². The minimum absolute atomic E-state index is 0.0227. The Labute approximate surface area is 90.8 Å². The molecule has 0 spiro atoms. The monoisotopic (exact) mass is 215 g/mol. The van der Waals surface area contributed by atoms with Gasteiger partial charge in [-0.05, 0) is 20.3 Å². The minimum atomic E-state index is -0.538. The molecule has 0 atom stereocenters. The van der Waals surface area contributed by atoms with E-state index in [0.717, 1.165) is 6.42 Å². The minimum Gasteiger partial charge on any atom is -0.355 e. The van der Waals surface area contributed by atoms with Gasteiger partial charge in [-0.3, -0.25) is 9.59 Å². The second-order valence-corrected chi connectivity index (χ2v) is 4.29. The molecule has 0 rings (SSSR count). The highest BCUT2D eigenvalue weighted by Gasteiger charge is 2.16. The molecule has 5 heteroatoms. The summed E-state index contributed by atoms with van der Waals surface area (Å²) in [6.07, 6.45) is 1.10. The number of hydrogen-bond donors (Lipinski definition) is 3. The second-order valence-electron chi connectivity index (χ2n) is 4.29. The Morgan fingerprint density at radius 2 is 1.80 bits per heavy atom. The summed E-state index contributed by atoms with van der Waals surface area (Å²) in [5.41, 5.74) is 5.12. The lowest BCUT2D eigenvalue weighted by Gasteiger charge is -2.17. The standard InChI is InChI=1S/C10H21N3O2/c1-4-5-12-9(15)7-13-8(14)6-10(2,3)11/h4-7,11H2,1-3H3,(H,12,15)(H,13,14). The van der Waals surface area contributed by atoms with Gasteiger partial charge in [0, 0.05) is 18.5 Å². The third kappa shape index (κ3) is 9.21. The maximum absolute atomic E-state index is 11.3. The molecule has 0 radical (unpaired) electrons. The van der Waals surface area contributed by atoms with Crippen LogP contribution in [0.4, 0.5) is 0 Å². The molecule has 0 bridgehead atoms. The van der Waals surface area contributed by atoms with Crippen molar-refractivity contribution in [3.63, 3.8) is 0 Å². The van der Waals surface area contributed by atoms with Crippen molar-refractivity contribution in [3.05, 3.63) is 0 Å². The van der Waals surface area contributed by atoms with Crippen LogP contribution in [0.25, 0.3) is 0 Å². The zero-order valence-electron chi connectivity index (χ0n) is 9.72. The summed E-state index contributed by atoms with van der Waals surface area (Å²) in [5, 5.41) is 5.18. The van der Waals surface area contributed by atoms with Crippen molar-refractivity contribution in [2.75, 3.05) is 13.1 Å². The summed E-state index contributed by atoms with van der Waals surface area (Å²) >= 11 is 0. The normalized spacial score (nSPS) is 10.9. The Bertz CT molecular complexity index is 221. The zero-order valence-corrected chi connectivity index (χ0v) is 9.72. The fourth-order valence-corrected chi connectivity index (χ4v) is 0.982. The van der Waals surface area contributed by atoms with Crippen molar-refractivity contribution in [1.82, 2.24) is 10.6 Å². The van der Waals surface area contributed by atoms with Crippen LogP contribution < -0.4 is 16.4 Å². The topological polar surface area (TPSA) is 84.2 Å². The van der Waals surface area contributed by atoms with E-state index in [2.05, 4.69) is 10.6 Å². The van der Waals surface area contributed by atoms with E-state index in [9.17, 15) is 9.59 Å². The Morgan fingerprint density at radius 3 is 2.27 bits per heavy atom. The quantitative estimate of drug-likeness (QED) is 0.571. The molecule has 0 unspecified atom stereocenters. The zero-order chi connectivity index (χ0) is 11.9. The van der Waals surface area contributed by atoms with Crippen LogP contribution in [-0.4, -0.2) is 30.4 Å². The first kappa shape index (κ1) is 13.9. The van der Waals surface area contributed by atoms with E-state index in [4.69, 9.17) is 5.73 Å². The van der Waals surface area contributed by atoms with Gasteiger partial charge in [-0.25, -0.2) is 0 Å². The molecule has 0 heterocycles. The molecule has 0 aliphatic rings. The van der Waals surface area contributed by atoms with Crippen molar-refractivity contribution < 1.29 is 9.59 Å². The first-order valence-corrected chi connectivity index (χ1v) is 5.17. The number of amides is 2. The van der Waals surface area contributed by atoms with Gasteiger partial charge in [0.1, 0.15) is 0 Å². The first-order valence-electron chi connectivity index (χ1n) is 5.17. The lowest BCUT2D eigenvalue weighted by molar-refractivity contribution is -0.126. The van der Waals surface area contributed by atoms with Gasteiger partial charge in [0.25, 0.3) is 0 Å². The molecule has 88 valence electrons. The summed E-state index contributed by atoms with van der Waals surface area (Å²) < 4.78 is 0. The average molecular weight is 215 g/mol. The molecule has 0 aromatic heterocycles. The molecular weight excluding hydrogens is 194 g/mol. The number of nitrogens with two attached hydrogens (primary N) is 1. The molecule has 0 saturated heterocycles. The number of rotatable bonds is 6. The van der Waals surface area contributed by atoms with E-state index in [0.29, 0.717) is 6.54 Å². The summed E-state index contributed by atoms with van der Waals surface area (Å²) in [7, 11) is 0. The summed E-state index contributed by atoms with van der Waals surface area (Å²) in [6, 6.07) is 0. The Morgan fingerprint density at radius 1 is 1.20 bits per heavy atom. The highest BCUT2D eigenvalue weighted by Crippen LogP contribution is 2.01. The Hall–Kier alpha value is -1.10. The molecule has 0 aromatic carbocycles. The predicted octanol–water partition coefficient (Wildman–Crippen LogP) is -0.244. The maximum Gasteiger partial charge on any atom is 0.239 e. The van der Waals surface area contributed by atoms with Crippen LogP contribution >= 0.6 is 0 Å². The van der Waals surface area contributed by atoms with Crippen molar-refractivity contribution in [3.8, 4) is 0 Å². The predicted molar refractivity (Wildman–Crippen MR) is 59.2 cm³/mol. The fraction of sp³-hybridized carbons (Fsp3) is 0.800. The van der Waals surface area contributed by atoms with E-state index >= 15 is 0 Å². The van der Waals surface area contributed by atoms with Gasteiger partial charge in [0.15, 0.2) is 0 Å². The highest BCUT2D eigenvalue weighted by molar-refractivity contribution is 5.85. The van der Waals surface area contributed by atoms with Crippen molar-refractivity contribution in [1.29, 1.82) is 0 Å². The molecule has 15 heavy (non-hydrogen) atoms. The molecule has 2 amide bonds. The van der Waals surface area contributed by atoms with Gasteiger partial charge >= 0.3 is 0 Å². The molecule has 4 N–H and O–H groups in total. The summed E-state index contributed by atoms with van der Waals surface area (Å²) in [6.45, 7) is 6.16. The van der Waals surface area contributed by atoms with Gasteiger partial charge in [-0.1, -0.05) is 6.92 Å². The van der Waals surface area contributed by atoms with E-state index in [1.165, 1.54) is 0 Å². The third-order valence-electron chi connectivity index (χ3n) is 1.63. The molecule has 0 saturated carbocycles. The average Bonchev–Trinajstić information content (AvgIpc) is 2.08. The highest BCUT2D eigenvalue weighted by atomic mass is 16.2. The molecule has 0 aliphatic carbocycles. The lowest BCUT2D eigenvalue weighted by atomic mass is 10.0. The Balaban J connectivity index is 3.67. The number of hydrogen-bond acceptors (Lipinski definition) is 3. The van der Waals surface area contributed by atoms with Gasteiger partial charge in [0.05, 0.1) is 6.54 Å². The second kappa shape index (κ2) is 6.40. The number of carbonyl (C=O) groups excluding carboxylic acids is 2. The number of nitrogens with one attached hydrogen (secondary N) is 2. The molecule has 5 nitrogen and oxygen atoms in total. The van der Waals surface area contributed by atoms with Crippen molar-refractivity contribution in [2.24, 2.45) is 5.73 Å². The van der Waals surface area contributed by atoms with E-state index in [1.807, 2.05) is 6.92 Å². The fourth-order valence-electron chi connectivity index (χ4n) is 0.982. The maximum atomic E-state index is 11.3. The van der Waals surface area contributed by atoms with Gasteiger partial charge in [-0.15, -0.1) is 0 Å². The molecule has 0 fully saturated rings. The molecular formula is C10H21N3O2. The molecule has 0 aromatic rings. The largest absolute Gasteiger partial charge is 0.355 e. The van der Waals surface area contributed by atoms with Crippen LogP contribution in [0, 0.1) is 0 Å². The van der Waals surface area contributed by atoms with Crippen molar-refractivity contribution >= 4 is 11.8 Å². The number of carbonyl (C=O) groups is 2. The van der Waals surface area contributed by atoms with Crippen LogP contribution in [-0.2, 0) is 9.59 Å². The smallest absolute Gasteiger partial charge is 0.239 e. The van der Waals surface area contributed by atoms with Crippen LogP contribution in [0.15, 0.2) is 0 Å². The SMILES string of the molecule is CCCNC(=O)CNC(=O)CC(C)(C)N. The van der Waals surface area contributed by atoms with E-state index in [1.54, 1.807) is 13.8 Å². The van der Waals surface area contributed by atoms with Crippen LogP contribution in [0.3, 0.4) is 0 Å². The van der Waals surface area contributed by atoms with Gasteiger partial charge < -0.3 is 16.4 Å². The van der Waals surface area contributed by atoms with Crippen molar-refractivity contribution in [2.45, 2.75) is 39.2 Å². The van der Waals surface area contributed by atoms with E-state index in [-0.39, 0.29) is 24.8 Å². The van der Waals surface area contributed by atoms with Gasteiger partial charge in [-0.2, -0.15) is 0 Å². The van der Waals surface area contributed by atoms with Crippen LogP contribution in [0.1, 0.15) is 33.6 Å². The summed E-state index contributed by atoms with van der Waals surface area (Å²) in [4.78, 5) is 22.4. The van der Waals surface area contributed by atoms with Gasteiger partial charge in [0.2, 0.25) is 11.8 Å². The summed E-state index contributed by atoms with van der Waals surface area (Å²) in [5.74, 6) is -0.367.